The first kappa shape index (κ1) is 17.6. The van der Waals surface area contributed by atoms with E-state index in [0.29, 0.717) is 6.54 Å². The number of aromatic amines is 1. The molecule has 0 saturated carbocycles. The van der Waals surface area contributed by atoms with E-state index in [2.05, 4.69) is 31.1 Å². The highest BCUT2D eigenvalue weighted by atomic mass is 32.1. The third-order valence-electron chi connectivity index (χ3n) is 4.88. The van der Waals surface area contributed by atoms with Crippen LogP contribution in [-0.2, 0) is 13.0 Å². The van der Waals surface area contributed by atoms with Crippen LogP contribution in [0.5, 0.6) is 0 Å². The van der Waals surface area contributed by atoms with Crippen LogP contribution in [0.3, 0.4) is 0 Å². The molecule has 3 aromatic heterocycles. The average molecular weight is 391 g/mol. The lowest BCUT2D eigenvalue weighted by atomic mass is 10.2. The van der Waals surface area contributed by atoms with Crippen molar-refractivity contribution in [2.75, 3.05) is 31.1 Å². The Morgan fingerprint density at radius 1 is 1.15 bits per heavy atom. The summed E-state index contributed by atoms with van der Waals surface area (Å²) in [6.07, 6.45) is 0.875. The molecule has 1 aliphatic rings. The number of hydrogen-bond donors (Lipinski definition) is 1. The van der Waals surface area contributed by atoms with Crippen LogP contribution in [-0.4, -0.2) is 50.4 Å². The summed E-state index contributed by atoms with van der Waals surface area (Å²) in [5, 5.41) is 1.75. The molecule has 0 aliphatic carbocycles. The van der Waals surface area contributed by atoms with Crippen molar-refractivity contribution in [3.63, 3.8) is 0 Å². The maximum absolute atomic E-state index is 12.4. The molecule has 9 heteroatoms. The number of thiophene rings is 1. The molecular weight excluding hydrogens is 368 g/mol. The Bertz CT molecular complexity index is 983. The van der Waals surface area contributed by atoms with Gasteiger partial charge in [-0.2, -0.15) is 4.37 Å². The van der Waals surface area contributed by atoms with Gasteiger partial charge in [0.05, 0.1) is 11.9 Å². The van der Waals surface area contributed by atoms with E-state index in [1.165, 1.54) is 11.5 Å². The lowest BCUT2D eigenvalue weighted by molar-refractivity contribution is 0.244. The summed E-state index contributed by atoms with van der Waals surface area (Å²) in [4.78, 5) is 31.3. The van der Waals surface area contributed by atoms with Gasteiger partial charge in [0.15, 0.2) is 0 Å². The fraction of sp³-hybridized carbons (Fsp3) is 0.529. The minimum Gasteiger partial charge on any atom is -0.344 e. The second-order valence-electron chi connectivity index (χ2n) is 6.59. The molecular formula is C17H22N6OS2. The highest BCUT2D eigenvalue weighted by Crippen LogP contribution is 2.26. The van der Waals surface area contributed by atoms with Gasteiger partial charge in [0, 0.05) is 49.0 Å². The minimum atomic E-state index is -0.0218. The Hall–Kier alpha value is -1.84. The molecule has 1 aliphatic heterocycles. The van der Waals surface area contributed by atoms with E-state index in [4.69, 9.17) is 4.98 Å². The second kappa shape index (κ2) is 7.05. The lowest BCUT2D eigenvalue weighted by Gasteiger charge is -2.33. The summed E-state index contributed by atoms with van der Waals surface area (Å²) in [5.41, 5.74) is 1.02. The number of nitrogens with one attached hydrogen (secondary N) is 1. The van der Waals surface area contributed by atoms with E-state index in [1.54, 1.807) is 11.3 Å². The highest BCUT2D eigenvalue weighted by molar-refractivity contribution is 7.18. The van der Waals surface area contributed by atoms with Crippen LogP contribution in [0.15, 0.2) is 4.79 Å². The summed E-state index contributed by atoms with van der Waals surface area (Å²) in [7, 11) is 0. The zero-order chi connectivity index (χ0) is 18.3. The van der Waals surface area contributed by atoms with Gasteiger partial charge in [-0.1, -0.05) is 6.92 Å². The van der Waals surface area contributed by atoms with Crippen molar-refractivity contribution in [2.45, 2.75) is 33.7 Å². The monoisotopic (exact) mass is 390 g/mol. The quantitative estimate of drug-likeness (QED) is 0.737. The van der Waals surface area contributed by atoms with E-state index in [1.807, 2.05) is 13.8 Å². The van der Waals surface area contributed by atoms with Crippen LogP contribution in [0.2, 0.25) is 0 Å². The van der Waals surface area contributed by atoms with E-state index in [-0.39, 0.29) is 5.56 Å². The molecule has 1 fully saturated rings. The van der Waals surface area contributed by atoms with Gasteiger partial charge in [-0.3, -0.25) is 9.69 Å². The van der Waals surface area contributed by atoms with Crippen LogP contribution in [0.4, 0.5) is 5.13 Å². The number of hydrogen-bond acceptors (Lipinski definition) is 8. The molecule has 0 atom stereocenters. The van der Waals surface area contributed by atoms with E-state index in [9.17, 15) is 4.79 Å². The second-order valence-corrected chi connectivity index (χ2v) is 8.52. The molecule has 26 heavy (non-hydrogen) atoms. The molecule has 7 nitrogen and oxygen atoms in total. The van der Waals surface area contributed by atoms with Crippen LogP contribution in [0.1, 0.15) is 29.0 Å². The van der Waals surface area contributed by atoms with Gasteiger partial charge in [-0.15, -0.1) is 11.3 Å². The number of anilines is 1. The molecule has 4 heterocycles. The molecule has 0 unspecified atom stereocenters. The summed E-state index contributed by atoms with van der Waals surface area (Å²) in [6.45, 7) is 10.5. The van der Waals surface area contributed by atoms with E-state index < -0.39 is 0 Å². The molecule has 0 bridgehead atoms. The third kappa shape index (κ3) is 3.26. The SMILES string of the molecule is CCc1nsc(N2CCN(Cc3nc4sc(C)c(C)c4c(=O)[nH]3)CC2)n1. The molecule has 138 valence electrons. The number of nitrogens with zero attached hydrogens (tertiary/aromatic N) is 5. The van der Waals surface area contributed by atoms with E-state index in [0.717, 1.165) is 70.0 Å². The van der Waals surface area contributed by atoms with Crippen molar-refractivity contribution in [1.29, 1.82) is 0 Å². The number of H-pyrrole nitrogens is 1. The predicted octanol–water partition coefficient (Wildman–Crippen LogP) is 2.34. The molecule has 0 amide bonds. The molecule has 0 aromatic carbocycles. The van der Waals surface area contributed by atoms with Crippen LogP contribution >= 0.6 is 22.9 Å². The zero-order valence-corrected chi connectivity index (χ0v) is 16.8. The molecule has 3 aromatic rings. The van der Waals surface area contributed by atoms with Gasteiger partial charge < -0.3 is 9.88 Å². The topological polar surface area (TPSA) is 78.0 Å². The molecule has 0 spiro atoms. The summed E-state index contributed by atoms with van der Waals surface area (Å²) < 4.78 is 4.37. The van der Waals surface area contributed by atoms with Gasteiger partial charge in [-0.05, 0) is 19.4 Å². The Morgan fingerprint density at radius 2 is 1.92 bits per heavy atom. The maximum Gasteiger partial charge on any atom is 0.259 e. The first-order valence-electron chi connectivity index (χ1n) is 8.84. The Kier molecular flexibility index (Phi) is 4.76. The lowest BCUT2D eigenvalue weighted by Crippen LogP contribution is -2.46. The Morgan fingerprint density at radius 3 is 2.62 bits per heavy atom. The number of aromatic nitrogens is 4. The fourth-order valence-corrected chi connectivity index (χ4v) is 5.05. The predicted molar refractivity (Wildman–Crippen MR) is 106 cm³/mol. The number of aryl methyl sites for hydroxylation is 3. The van der Waals surface area contributed by atoms with Gasteiger partial charge in [-0.25, -0.2) is 9.97 Å². The standard InChI is InChI=1S/C17H22N6OS2/c1-4-12-20-17(26-21-12)23-7-5-22(6-8-23)9-13-18-15(24)14-10(2)11(3)25-16(14)19-13/h4-9H2,1-3H3,(H,18,19,24). The van der Waals surface area contributed by atoms with Gasteiger partial charge in [0.25, 0.3) is 5.56 Å². The van der Waals surface area contributed by atoms with Crippen molar-refractivity contribution >= 4 is 38.2 Å². The Balaban J connectivity index is 1.44. The van der Waals surface area contributed by atoms with Crippen molar-refractivity contribution in [1.82, 2.24) is 24.2 Å². The number of piperazine rings is 1. The molecule has 4 rings (SSSR count). The largest absolute Gasteiger partial charge is 0.344 e. The van der Waals surface area contributed by atoms with Crippen molar-refractivity contribution in [3.8, 4) is 0 Å². The Labute approximate surface area is 159 Å². The summed E-state index contributed by atoms with van der Waals surface area (Å²) in [6, 6.07) is 0. The first-order valence-corrected chi connectivity index (χ1v) is 10.4. The van der Waals surface area contributed by atoms with Crippen molar-refractivity contribution in [3.05, 3.63) is 32.4 Å². The van der Waals surface area contributed by atoms with E-state index >= 15 is 0 Å². The van der Waals surface area contributed by atoms with Gasteiger partial charge >= 0.3 is 0 Å². The number of rotatable bonds is 4. The number of fused-ring (bicyclic) bond motifs is 1. The smallest absolute Gasteiger partial charge is 0.259 e. The van der Waals surface area contributed by atoms with Gasteiger partial charge in [0.2, 0.25) is 5.13 Å². The average Bonchev–Trinajstić information content (AvgIpc) is 3.21. The molecule has 1 saturated heterocycles. The van der Waals surface area contributed by atoms with Crippen molar-refractivity contribution < 1.29 is 0 Å². The maximum atomic E-state index is 12.4. The molecule has 0 radical (unpaired) electrons. The van der Waals surface area contributed by atoms with Crippen molar-refractivity contribution in [2.24, 2.45) is 0 Å². The third-order valence-corrected chi connectivity index (χ3v) is 6.79. The first-order chi connectivity index (χ1) is 12.5. The highest BCUT2D eigenvalue weighted by Gasteiger charge is 2.21. The normalized spacial score (nSPS) is 15.9. The fourth-order valence-electron chi connectivity index (χ4n) is 3.20. The van der Waals surface area contributed by atoms with Crippen LogP contribution < -0.4 is 10.5 Å². The summed E-state index contributed by atoms with van der Waals surface area (Å²) in [5.74, 6) is 1.67. The molecule has 1 N–H and O–H groups in total. The zero-order valence-electron chi connectivity index (χ0n) is 15.2. The van der Waals surface area contributed by atoms with Gasteiger partial charge in [0.1, 0.15) is 16.5 Å². The van der Waals surface area contributed by atoms with Crippen LogP contribution in [0, 0.1) is 13.8 Å². The van der Waals surface area contributed by atoms with Crippen LogP contribution in [0.25, 0.3) is 10.2 Å². The summed E-state index contributed by atoms with van der Waals surface area (Å²) >= 11 is 3.08. The minimum absolute atomic E-state index is 0.0218.